The molecule has 1 aromatic heterocycles. The van der Waals surface area contributed by atoms with Gasteiger partial charge in [-0.25, -0.2) is 4.79 Å². The highest BCUT2D eigenvalue weighted by molar-refractivity contribution is 7.10. The lowest BCUT2D eigenvalue weighted by Crippen LogP contribution is -2.48. The molecule has 4 heterocycles. The monoisotopic (exact) mass is 411 g/mol. The molecule has 29 heavy (non-hydrogen) atoms. The Balaban J connectivity index is 1.34. The molecule has 2 aromatic rings. The van der Waals surface area contributed by atoms with E-state index < -0.39 is 0 Å². The van der Waals surface area contributed by atoms with Crippen molar-refractivity contribution in [3.05, 3.63) is 51.2 Å². The molecule has 3 aliphatic rings. The molecule has 6 nitrogen and oxygen atoms in total. The predicted octanol–water partition coefficient (Wildman–Crippen LogP) is 3.29. The number of ether oxygens (including phenoxy) is 1. The number of carbonyl (C=O) groups is 2. The van der Waals surface area contributed by atoms with Gasteiger partial charge in [0.05, 0.1) is 12.2 Å². The number of nitrogens with zero attached hydrogens (tertiary/aromatic N) is 2. The maximum absolute atomic E-state index is 13.2. The third-order valence-corrected chi connectivity index (χ3v) is 7.39. The molecule has 0 radical (unpaired) electrons. The van der Waals surface area contributed by atoms with Crippen LogP contribution in [0.5, 0.6) is 0 Å². The minimum absolute atomic E-state index is 0.0297. The number of rotatable bonds is 2. The van der Waals surface area contributed by atoms with Crippen molar-refractivity contribution in [2.45, 2.75) is 31.8 Å². The van der Waals surface area contributed by atoms with Gasteiger partial charge in [-0.05, 0) is 54.5 Å². The number of aryl methyl sites for hydroxylation is 1. The predicted molar refractivity (Wildman–Crippen MR) is 113 cm³/mol. The first kappa shape index (κ1) is 18.6. The molecule has 0 aliphatic carbocycles. The molecule has 3 aliphatic heterocycles. The molecular weight excluding hydrogens is 386 g/mol. The Morgan fingerprint density at radius 2 is 2.03 bits per heavy atom. The molecule has 0 atom stereocenters. The molecule has 1 N–H and O–H groups in total. The summed E-state index contributed by atoms with van der Waals surface area (Å²) in [6.45, 7) is 5.36. The third-order valence-electron chi connectivity index (χ3n) is 6.41. The van der Waals surface area contributed by atoms with E-state index in [4.69, 9.17) is 4.74 Å². The molecular formula is C22H25N3O3S. The fourth-order valence-electron chi connectivity index (χ4n) is 4.76. The van der Waals surface area contributed by atoms with Gasteiger partial charge in [-0.2, -0.15) is 0 Å². The van der Waals surface area contributed by atoms with Crippen LogP contribution in [0.15, 0.2) is 29.6 Å². The van der Waals surface area contributed by atoms with E-state index in [1.54, 1.807) is 4.90 Å². The highest BCUT2D eigenvalue weighted by Gasteiger charge is 2.42. The number of amides is 3. The third kappa shape index (κ3) is 3.13. The second-order valence-corrected chi connectivity index (χ2v) is 9.03. The van der Waals surface area contributed by atoms with Crippen molar-refractivity contribution in [1.82, 2.24) is 10.2 Å². The summed E-state index contributed by atoms with van der Waals surface area (Å²) < 4.78 is 6.26. The number of benzene rings is 1. The van der Waals surface area contributed by atoms with E-state index in [1.165, 1.54) is 10.4 Å². The summed E-state index contributed by atoms with van der Waals surface area (Å²) in [5, 5.41) is 4.98. The van der Waals surface area contributed by atoms with Crippen LogP contribution in [0.4, 0.5) is 10.5 Å². The lowest BCUT2D eigenvalue weighted by Gasteiger charge is -2.44. The molecule has 1 spiro atoms. The Kier molecular flexibility index (Phi) is 4.59. The molecule has 152 valence electrons. The first-order valence-electron chi connectivity index (χ1n) is 10.2. The Morgan fingerprint density at radius 1 is 1.21 bits per heavy atom. The molecule has 2 saturated heterocycles. The van der Waals surface area contributed by atoms with Crippen LogP contribution < -0.4 is 10.2 Å². The van der Waals surface area contributed by atoms with Crippen LogP contribution in [0.2, 0.25) is 0 Å². The van der Waals surface area contributed by atoms with Crippen LogP contribution in [0.3, 0.4) is 0 Å². The van der Waals surface area contributed by atoms with E-state index >= 15 is 0 Å². The normalized spacial score (nSPS) is 20.7. The number of hydrogen-bond donors (Lipinski definition) is 1. The zero-order chi connectivity index (χ0) is 20.0. The summed E-state index contributed by atoms with van der Waals surface area (Å²) >= 11 is 1.81. The summed E-state index contributed by atoms with van der Waals surface area (Å²) in [7, 11) is 0. The first-order valence-corrected chi connectivity index (χ1v) is 11.1. The van der Waals surface area contributed by atoms with Gasteiger partial charge < -0.3 is 15.0 Å². The number of piperidine rings is 1. The molecule has 2 fully saturated rings. The number of thiophene rings is 1. The van der Waals surface area contributed by atoms with Crippen molar-refractivity contribution in [2.75, 3.05) is 37.7 Å². The van der Waals surface area contributed by atoms with Crippen molar-refractivity contribution < 1.29 is 14.3 Å². The SMILES string of the molecule is Cc1ccc(C(=O)N2CCC3(CC2)OCCc2sccc23)cc1N1CCNC1=O. The van der Waals surface area contributed by atoms with Crippen molar-refractivity contribution in [3.63, 3.8) is 0 Å². The minimum atomic E-state index is -0.226. The van der Waals surface area contributed by atoms with Crippen molar-refractivity contribution in [1.29, 1.82) is 0 Å². The first-order chi connectivity index (χ1) is 14.1. The number of fused-ring (bicyclic) bond motifs is 2. The molecule has 5 rings (SSSR count). The summed E-state index contributed by atoms with van der Waals surface area (Å²) in [4.78, 5) is 30.3. The Bertz CT molecular complexity index is 962. The van der Waals surface area contributed by atoms with Crippen molar-refractivity contribution >= 4 is 29.0 Å². The smallest absolute Gasteiger partial charge is 0.322 e. The Hall–Kier alpha value is -2.38. The molecule has 0 unspecified atom stereocenters. The Labute approximate surface area is 174 Å². The van der Waals surface area contributed by atoms with E-state index in [0.717, 1.165) is 37.1 Å². The maximum atomic E-state index is 13.2. The van der Waals surface area contributed by atoms with Gasteiger partial charge in [-0.1, -0.05) is 6.07 Å². The molecule has 7 heteroatoms. The topological polar surface area (TPSA) is 61.9 Å². The summed E-state index contributed by atoms with van der Waals surface area (Å²) in [5.74, 6) is 0.0297. The van der Waals surface area contributed by atoms with Crippen LogP contribution in [0, 0.1) is 6.92 Å². The van der Waals surface area contributed by atoms with Crippen LogP contribution in [0.25, 0.3) is 0 Å². The maximum Gasteiger partial charge on any atom is 0.322 e. The van der Waals surface area contributed by atoms with Crippen molar-refractivity contribution in [3.8, 4) is 0 Å². The standard InChI is InChI=1S/C22H25N3O3S/c1-15-2-3-16(14-18(15)25-11-8-23-21(25)27)20(26)24-9-6-22(7-10-24)17-5-13-29-19(17)4-12-28-22/h2-3,5,13-14H,4,6-12H2,1H3,(H,23,27). The van der Waals surface area contributed by atoms with Gasteiger partial charge in [0.15, 0.2) is 0 Å². The van der Waals surface area contributed by atoms with Gasteiger partial charge in [-0.15, -0.1) is 11.3 Å². The van der Waals surface area contributed by atoms with Gasteiger partial charge in [0.1, 0.15) is 0 Å². The van der Waals surface area contributed by atoms with E-state index in [9.17, 15) is 9.59 Å². The molecule has 1 aromatic carbocycles. The number of carbonyl (C=O) groups excluding carboxylic acids is 2. The highest BCUT2D eigenvalue weighted by atomic mass is 32.1. The van der Waals surface area contributed by atoms with E-state index in [1.807, 2.05) is 41.4 Å². The number of likely N-dealkylation sites (tertiary alicyclic amines) is 1. The average Bonchev–Trinajstić information content (AvgIpc) is 3.38. The van der Waals surface area contributed by atoms with E-state index in [2.05, 4.69) is 16.8 Å². The average molecular weight is 412 g/mol. The largest absolute Gasteiger partial charge is 0.370 e. The lowest BCUT2D eigenvalue weighted by atomic mass is 9.82. The zero-order valence-corrected chi connectivity index (χ0v) is 17.4. The van der Waals surface area contributed by atoms with Crippen LogP contribution >= 0.6 is 11.3 Å². The number of urea groups is 1. The molecule has 3 amide bonds. The molecule has 0 saturated carbocycles. The fourth-order valence-corrected chi connectivity index (χ4v) is 5.71. The minimum Gasteiger partial charge on any atom is -0.370 e. The second kappa shape index (κ2) is 7.15. The van der Waals surface area contributed by atoms with Gasteiger partial charge in [0.25, 0.3) is 5.91 Å². The van der Waals surface area contributed by atoms with Gasteiger partial charge in [-0.3, -0.25) is 9.69 Å². The van der Waals surface area contributed by atoms with Gasteiger partial charge in [0, 0.05) is 48.7 Å². The van der Waals surface area contributed by atoms with Crippen LogP contribution in [-0.2, 0) is 16.8 Å². The summed E-state index contributed by atoms with van der Waals surface area (Å²) in [5.41, 5.74) is 3.56. The highest BCUT2D eigenvalue weighted by Crippen LogP contribution is 2.43. The molecule has 0 bridgehead atoms. The van der Waals surface area contributed by atoms with Crippen LogP contribution in [-0.4, -0.2) is 49.6 Å². The summed E-state index contributed by atoms with van der Waals surface area (Å²) in [6, 6.07) is 7.76. The quantitative estimate of drug-likeness (QED) is 0.825. The van der Waals surface area contributed by atoms with E-state index in [0.29, 0.717) is 31.7 Å². The van der Waals surface area contributed by atoms with Gasteiger partial charge >= 0.3 is 6.03 Å². The van der Waals surface area contributed by atoms with E-state index in [-0.39, 0.29) is 17.5 Å². The Morgan fingerprint density at radius 3 is 2.79 bits per heavy atom. The second-order valence-electron chi connectivity index (χ2n) is 8.03. The zero-order valence-electron chi connectivity index (χ0n) is 16.6. The van der Waals surface area contributed by atoms with Gasteiger partial charge in [0.2, 0.25) is 0 Å². The summed E-state index contributed by atoms with van der Waals surface area (Å²) in [6.07, 6.45) is 2.65. The fraction of sp³-hybridized carbons (Fsp3) is 0.455. The van der Waals surface area contributed by atoms with Crippen molar-refractivity contribution in [2.24, 2.45) is 0 Å². The number of anilines is 1. The number of hydrogen-bond acceptors (Lipinski definition) is 4. The number of nitrogens with one attached hydrogen (secondary N) is 1. The lowest BCUT2D eigenvalue weighted by molar-refractivity contribution is -0.0926. The van der Waals surface area contributed by atoms with Crippen LogP contribution in [0.1, 0.15) is 39.2 Å².